The molecule has 6 nitrogen and oxygen atoms in total. The van der Waals surface area contributed by atoms with Gasteiger partial charge in [-0.25, -0.2) is 4.99 Å². The van der Waals surface area contributed by atoms with E-state index < -0.39 is 6.04 Å². The SMILES string of the molecule is CCN(CC)C(=O)C1=C(C)N=c2s/c(=C/c3cc(Cl)cc(Br)c3O)c(=O)n2[C@@H]1c1ccc(Cl)cc1. The lowest BCUT2D eigenvalue weighted by Crippen LogP contribution is -2.43. The average molecular weight is 595 g/mol. The number of nitrogens with zero attached hydrogens (tertiary/aromatic N) is 3. The van der Waals surface area contributed by atoms with Gasteiger partial charge in [0.2, 0.25) is 0 Å². The molecule has 1 aliphatic heterocycles. The molecular formula is C25H22BrCl2N3O3S. The molecule has 35 heavy (non-hydrogen) atoms. The van der Waals surface area contributed by atoms with Crippen molar-refractivity contribution in [1.29, 1.82) is 0 Å². The normalized spacial score (nSPS) is 15.7. The fourth-order valence-corrected chi connectivity index (χ4v) is 6.07. The molecule has 0 fully saturated rings. The summed E-state index contributed by atoms with van der Waals surface area (Å²) >= 11 is 16.7. The molecule has 0 aliphatic carbocycles. The van der Waals surface area contributed by atoms with Gasteiger partial charge in [0.25, 0.3) is 11.5 Å². The first-order chi connectivity index (χ1) is 16.7. The Hall–Kier alpha value is -2.39. The molecule has 182 valence electrons. The third kappa shape index (κ3) is 4.85. The number of phenols is 1. The molecule has 0 bridgehead atoms. The van der Waals surface area contributed by atoms with Gasteiger partial charge in [-0.15, -0.1) is 0 Å². The summed E-state index contributed by atoms with van der Waals surface area (Å²) in [6, 6.07) is 9.60. The second kappa shape index (κ2) is 10.3. The van der Waals surface area contributed by atoms with Crippen LogP contribution in [-0.2, 0) is 4.79 Å². The molecule has 10 heteroatoms. The van der Waals surface area contributed by atoms with Crippen LogP contribution in [0.15, 0.2) is 61.9 Å². The molecule has 0 spiro atoms. The van der Waals surface area contributed by atoms with E-state index in [1.807, 2.05) is 26.0 Å². The summed E-state index contributed by atoms with van der Waals surface area (Å²) in [5.74, 6) is -0.190. The summed E-state index contributed by atoms with van der Waals surface area (Å²) < 4.78 is 2.32. The highest BCUT2D eigenvalue weighted by Crippen LogP contribution is 2.33. The van der Waals surface area contributed by atoms with Gasteiger partial charge in [-0.2, -0.15) is 0 Å². The van der Waals surface area contributed by atoms with Crippen LogP contribution in [0.1, 0.15) is 37.9 Å². The van der Waals surface area contributed by atoms with E-state index >= 15 is 0 Å². The minimum atomic E-state index is -0.668. The van der Waals surface area contributed by atoms with Gasteiger partial charge in [0.05, 0.1) is 26.3 Å². The fraction of sp³-hybridized carbons (Fsp3) is 0.240. The number of hydrogen-bond acceptors (Lipinski definition) is 5. The molecule has 1 amide bonds. The molecule has 2 aromatic carbocycles. The molecule has 3 aromatic rings. The van der Waals surface area contributed by atoms with E-state index in [1.165, 1.54) is 11.3 Å². The predicted octanol–water partition coefficient (Wildman–Crippen LogP) is 4.88. The zero-order valence-corrected chi connectivity index (χ0v) is 23.1. The molecule has 1 atom stereocenters. The largest absolute Gasteiger partial charge is 0.506 e. The average Bonchev–Trinajstić information content (AvgIpc) is 3.12. The number of benzene rings is 2. The topological polar surface area (TPSA) is 74.9 Å². The highest BCUT2D eigenvalue weighted by atomic mass is 79.9. The number of allylic oxidation sites excluding steroid dienone is 1. The van der Waals surface area contributed by atoms with Crippen molar-refractivity contribution in [3.63, 3.8) is 0 Å². The van der Waals surface area contributed by atoms with Crippen molar-refractivity contribution in [2.24, 2.45) is 4.99 Å². The Kier molecular flexibility index (Phi) is 7.57. The van der Waals surface area contributed by atoms with E-state index in [9.17, 15) is 14.7 Å². The smallest absolute Gasteiger partial charge is 0.271 e. The Morgan fingerprint density at radius 1 is 1.20 bits per heavy atom. The lowest BCUT2D eigenvalue weighted by Gasteiger charge is -2.29. The van der Waals surface area contributed by atoms with Gasteiger partial charge in [-0.05, 0) is 72.6 Å². The number of thiazole rings is 1. The highest BCUT2D eigenvalue weighted by Gasteiger charge is 2.34. The van der Waals surface area contributed by atoms with Crippen molar-refractivity contribution < 1.29 is 9.90 Å². The number of fused-ring (bicyclic) bond motifs is 1. The predicted molar refractivity (Wildman–Crippen MR) is 144 cm³/mol. The van der Waals surface area contributed by atoms with E-state index in [-0.39, 0.29) is 17.2 Å². The van der Waals surface area contributed by atoms with Crippen molar-refractivity contribution in [2.75, 3.05) is 13.1 Å². The van der Waals surface area contributed by atoms with E-state index in [4.69, 9.17) is 23.2 Å². The third-order valence-electron chi connectivity index (χ3n) is 5.83. The number of aromatic hydroxyl groups is 1. The second-order valence-corrected chi connectivity index (χ2v) is 10.7. The van der Waals surface area contributed by atoms with Crippen molar-refractivity contribution in [3.05, 3.63) is 93.0 Å². The van der Waals surface area contributed by atoms with Gasteiger partial charge < -0.3 is 10.0 Å². The quantitative estimate of drug-likeness (QED) is 0.457. The molecule has 0 saturated heterocycles. The van der Waals surface area contributed by atoms with Crippen molar-refractivity contribution in [3.8, 4) is 5.75 Å². The number of aromatic nitrogens is 1. The van der Waals surface area contributed by atoms with Gasteiger partial charge in [0.1, 0.15) is 5.75 Å². The first-order valence-electron chi connectivity index (χ1n) is 10.9. The van der Waals surface area contributed by atoms with E-state index in [0.29, 0.717) is 53.8 Å². The van der Waals surface area contributed by atoms with Crippen molar-refractivity contribution in [1.82, 2.24) is 9.47 Å². The van der Waals surface area contributed by atoms with Crippen molar-refractivity contribution in [2.45, 2.75) is 26.8 Å². The zero-order valence-electron chi connectivity index (χ0n) is 19.2. The summed E-state index contributed by atoms with van der Waals surface area (Å²) in [6.07, 6.45) is 1.58. The summed E-state index contributed by atoms with van der Waals surface area (Å²) in [7, 11) is 0. The number of phenolic OH excluding ortho intramolecular Hbond substituents is 1. The van der Waals surface area contributed by atoms with Crippen LogP contribution in [0.25, 0.3) is 6.08 Å². The number of hydrogen-bond donors (Lipinski definition) is 1. The lowest BCUT2D eigenvalue weighted by molar-refractivity contribution is -0.127. The maximum atomic E-state index is 13.7. The Balaban J connectivity index is 1.99. The molecule has 1 aromatic heterocycles. The second-order valence-electron chi connectivity index (χ2n) is 7.94. The summed E-state index contributed by atoms with van der Waals surface area (Å²) in [5.41, 5.74) is 1.83. The zero-order chi connectivity index (χ0) is 25.4. The van der Waals surface area contributed by atoms with Crippen LogP contribution in [0.4, 0.5) is 0 Å². The highest BCUT2D eigenvalue weighted by molar-refractivity contribution is 9.10. The first kappa shape index (κ1) is 25.7. The Morgan fingerprint density at radius 3 is 2.49 bits per heavy atom. The number of carbonyl (C=O) groups is 1. The minimum absolute atomic E-state index is 0.0249. The van der Waals surface area contributed by atoms with Gasteiger partial charge in [0, 0.05) is 28.7 Å². The first-order valence-corrected chi connectivity index (χ1v) is 13.3. The molecule has 0 radical (unpaired) electrons. The van der Waals surface area contributed by atoms with Crippen LogP contribution in [-0.4, -0.2) is 33.6 Å². The van der Waals surface area contributed by atoms with Crippen LogP contribution < -0.4 is 14.9 Å². The van der Waals surface area contributed by atoms with E-state index in [2.05, 4.69) is 20.9 Å². The molecule has 0 unspecified atom stereocenters. The standard InChI is InChI=1S/C25H22BrCl2N3O3S/c1-4-30(5-2)24(34)20-13(3)29-25-31(21(20)14-6-8-16(27)9-7-14)23(33)19(35-25)11-15-10-17(28)12-18(26)22(15)32/h6-12,21,32H,4-5H2,1-3H3/b19-11+/t21-/m1/s1. The van der Waals surface area contributed by atoms with Crippen LogP contribution in [0.3, 0.4) is 0 Å². The Bertz CT molecular complexity index is 1520. The molecule has 2 heterocycles. The molecule has 4 rings (SSSR count). The number of carbonyl (C=O) groups excluding carboxylic acids is 1. The lowest BCUT2D eigenvalue weighted by atomic mass is 9.94. The Morgan fingerprint density at radius 2 is 1.86 bits per heavy atom. The van der Waals surface area contributed by atoms with Crippen LogP contribution in [0, 0.1) is 0 Å². The number of likely N-dealkylation sites (N-methyl/N-ethyl adjacent to an activating group) is 1. The maximum Gasteiger partial charge on any atom is 0.271 e. The molecule has 1 aliphatic rings. The van der Waals surface area contributed by atoms with E-state index in [0.717, 1.165) is 5.56 Å². The fourth-order valence-electron chi connectivity index (χ4n) is 4.07. The maximum absolute atomic E-state index is 13.7. The molecule has 0 saturated carbocycles. The van der Waals surface area contributed by atoms with E-state index in [1.54, 1.807) is 46.7 Å². The summed E-state index contributed by atoms with van der Waals surface area (Å²) in [6.45, 7) is 6.69. The van der Waals surface area contributed by atoms with Gasteiger partial charge in [0.15, 0.2) is 4.80 Å². The van der Waals surface area contributed by atoms with Crippen LogP contribution >= 0.6 is 50.5 Å². The van der Waals surface area contributed by atoms with Gasteiger partial charge >= 0.3 is 0 Å². The van der Waals surface area contributed by atoms with Crippen molar-refractivity contribution >= 4 is 62.5 Å². The van der Waals surface area contributed by atoms with Gasteiger partial charge in [-0.3, -0.25) is 14.2 Å². The summed E-state index contributed by atoms with van der Waals surface area (Å²) in [4.78, 5) is 34.1. The number of halogens is 3. The monoisotopic (exact) mass is 593 g/mol. The number of amides is 1. The van der Waals surface area contributed by atoms with Crippen LogP contribution in [0.5, 0.6) is 5.75 Å². The molecule has 1 N–H and O–H groups in total. The van der Waals surface area contributed by atoms with Crippen LogP contribution in [0.2, 0.25) is 10.0 Å². The molecular weight excluding hydrogens is 573 g/mol. The third-order valence-corrected chi connectivity index (χ3v) is 7.89. The van der Waals surface area contributed by atoms with Gasteiger partial charge in [-0.1, -0.05) is 46.7 Å². The number of rotatable bonds is 5. The Labute approximate surface area is 224 Å². The minimum Gasteiger partial charge on any atom is -0.506 e. The summed E-state index contributed by atoms with van der Waals surface area (Å²) in [5, 5.41) is 11.4.